The Labute approximate surface area is 127 Å². The molecule has 1 fully saturated rings. The van der Waals surface area contributed by atoms with Gasteiger partial charge >= 0.3 is 0 Å². The summed E-state index contributed by atoms with van der Waals surface area (Å²) in [5.41, 5.74) is 7.39. The molecule has 0 bridgehead atoms. The topological polar surface area (TPSA) is 57.0 Å². The Bertz CT molecular complexity index is 452. The Morgan fingerprint density at radius 1 is 1.14 bits per heavy atom. The van der Waals surface area contributed by atoms with Crippen LogP contribution in [0.4, 0.5) is 0 Å². The van der Waals surface area contributed by atoms with Crippen molar-refractivity contribution in [1.82, 2.24) is 4.90 Å². The first-order chi connectivity index (χ1) is 10.2. The van der Waals surface area contributed by atoms with Crippen molar-refractivity contribution >= 4 is 0 Å². The third-order valence-electron chi connectivity index (χ3n) is 4.11. The Morgan fingerprint density at radius 2 is 1.76 bits per heavy atom. The molecule has 1 aliphatic rings. The van der Waals surface area contributed by atoms with Gasteiger partial charge in [0.15, 0.2) is 0 Å². The average Bonchev–Trinajstić information content (AvgIpc) is 2.86. The molecule has 0 radical (unpaired) electrons. The van der Waals surface area contributed by atoms with Crippen molar-refractivity contribution < 1.29 is 14.2 Å². The maximum absolute atomic E-state index is 6.37. The van der Waals surface area contributed by atoms with Gasteiger partial charge in [-0.1, -0.05) is 6.92 Å². The average molecular weight is 294 g/mol. The number of ether oxygens (including phenoxy) is 3. The fourth-order valence-electron chi connectivity index (χ4n) is 3.14. The second-order valence-corrected chi connectivity index (χ2v) is 5.38. The van der Waals surface area contributed by atoms with E-state index in [0.29, 0.717) is 0 Å². The summed E-state index contributed by atoms with van der Waals surface area (Å²) in [6, 6.07) is 4.01. The molecule has 2 atom stereocenters. The zero-order valence-electron chi connectivity index (χ0n) is 13.4. The van der Waals surface area contributed by atoms with Crippen LogP contribution in [0.25, 0.3) is 0 Å². The minimum absolute atomic E-state index is 0.0905. The fourth-order valence-corrected chi connectivity index (χ4v) is 3.14. The molecular weight excluding hydrogens is 268 g/mol. The van der Waals surface area contributed by atoms with E-state index < -0.39 is 0 Å². The maximum Gasteiger partial charge on any atom is 0.131 e. The Morgan fingerprint density at radius 3 is 2.24 bits per heavy atom. The van der Waals surface area contributed by atoms with Crippen LogP contribution in [0.5, 0.6) is 17.2 Å². The first kappa shape index (κ1) is 15.9. The quantitative estimate of drug-likeness (QED) is 0.871. The van der Waals surface area contributed by atoms with Gasteiger partial charge in [-0.2, -0.15) is 0 Å². The molecule has 5 nitrogen and oxygen atoms in total. The lowest BCUT2D eigenvalue weighted by Crippen LogP contribution is -2.33. The van der Waals surface area contributed by atoms with Gasteiger partial charge in [0.05, 0.1) is 32.9 Å². The van der Waals surface area contributed by atoms with E-state index >= 15 is 0 Å². The highest BCUT2D eigenvalue weighted by atomic mass is 16.5. The summed E-state index contributed by atoms with van der Waals surface area (Å²) in [5.74, 6) is 2.27. The van der Waals surface area contributed by atoms with E-state index in [1.165, 1.54) is 0 Å². The zero-order valence-corrected chi connectivity index (χ0v) is 13.4. The molecule has 1 aliphatic heterocycles. The maximum atomic E-state index is 6.37. The van der Waals surface area contributed by atoms with Gasteiger partial charge in [0.25, 0.3) is 0 Å². The summed E-state index contributed by atoms with van der Waals surface area (Å²) < 4.78 is 16.5. The molecule has 1 saturated heterocycles. The van der Waals surface area contributed by atoms with Gasteiger partial charge in [-0.25, -0.2) is 0 Å². The molecule has 0 aromatic heterocycles. The van der Waals surface area contributed by atoms with Crippen molar-refractivity contribution in [3.63, 3.8) is 0 Å². The number of rotatable bonds is 6. The van der Waals surface area contributed by atoms with E-state index in [1.54, 1.807) is 21.3 Å². The summed E-state index contributed by atoms with van der Waals surface area (Å²) in [6.07, 6.45) is 2.09. The van der Waals surface area contributed by atoms with Crippen LogP contribution in [0.1, 0.15) is 31.4 Å². The van der Waals surface area contributed by atoms with Crippen LogP contribution in [-0.2, 0) is 0 Å². The molecule has 0 amide bonds. The molecule has 118 valence electrons. The van der Waals surface area contributed by atoms with Crippen LogP contribution in [-0.4, -0.2) is 45.4 Å². The van der Waals surface area contributed by atoms with Crippen LogP contribution in [0.2, 0.25) is 0 Å². The molecule has 2 N–H and O–H groups in total. The lowest BCUT2D eigenvalue weighted by atomic mass is 9.98. The highest BCUT2D eigenvalue weighted by Crippen LogP contribution is 2.44. The number of likely N-dealkylation sites (tertiary alicyclic amines) is 1. The Kier molecular flexibility index (Phi) is 5.31. The smallest absolute Gasteiger partial charge is 0.131 e. The minimum Gasteiger partial charge on any atom is -0.496 e. The van der Waals surface area contributed by atoms with Gasteiger partial charge in [0, 0.05) is 24.7 Å². The van der Waals surface area contributed by atoms with Crippen LogP contribution in [0.3, 0.4) is 0 Å². The molecule has 1 heterocycles. The highest BCUT2D eigenvalue weighted by molar-refractivity contribution is 5.53. The first-order valence-electron chi connectivity index (χ1n) is 7.45. The van der Waals surface area contributed by atoms with Crippen LogP contribution in [0, 0.1) is 0 Å². The van der Waals surface area contributed by atoms with Crippen molar-refractivity contribution in [2.75, 3.05) is 34.4 Å². The number of hydrogen-bond donors (Lipinski definition) is 1. The van der Waals surface area contributed by atoms with E-state index in [-0.39, 0.29) is 12.1 Å². The summed E-state index contributed by atoms with van der Waals surface area (Å²) in [6.45, 7) is 4.22. The number of benzene rings is 1. The predicted octanol–water partition coefficient (Wildman–Crippen LogP) is 2.20. The highest BCUT2D eigenvalue weighted by Gasteiger charge is 2.36. The predicted molar refractivity (Wildman–Crippen MR) is 83.3 cm³/mol. The van der Waals surface area contributed by atoms with Crippen LogP contribution >= 0.6 is 0 Å². The fraction of sp³-hybridized carbons (Fsp3) is 0.625. The van der Waals surface area contributed by atoms with Gasteiger partial charge in [-0.15, -0.1) is 0 Å². The Balaban J connectivity index is 2.49. The lowest BCUT2D eigenvalue weighted by Gasteiger charge is -2.29. The van der Waals surface area contributed by atoms with E-state index in [9.17, 15) is 0 Å². The molecule has 0 saturated carbocycles. The minimum atomic E-state index is 0.0905. The largest absolute Gasteiger partial charge is 0.496 e. The van der Waals surface area contributed by atoms with Crippen LogP contribution < -0.4 is 19.9 Å². The van der Waals surface area contributed by atoms with Gasteiger partial charge in [0.2, 0.25) is 0 Å². The summed E-state index contributed by atoms with van der Waals surface area (Å²) in [4.78, 5) is 2.41. The molecular formula is C16H26N2O3. The van der Waals surface area contributed by atoms with Crippen molar-refractivity contribution in [3.05, 3.63) is 17.7 Å². The SMILES string of the molecule is CCCN1CCC(N)C1c1c(OC)cc(OC)cc1OC. The van der Waals surface area contributed by atoms with Crippen molar-refractivity contribution in [2.45, 2.75) is 31.8 Å². The molecule has 0 aliphatic carbocycles. The molecule has 2 unspecified atom stereocenters. The standard InChI is InChI=1S/C16H26N2O3/c1-5-7-18-8-6-12(17)16(18)15-13(20-3)9-11(19-2)10-14(15)21-4/h9-10,12,16H,5-8,17H2,1-4H3. The van der Waals surface area contributed by atoms with Gasteiger partial charge in [0.1, 0.15) is 17.2 Å². The second kappa shape index (κ2) is 7.00. The molecule has 0 spiro atoms. The van der Waals surface area contributed by atoms with E-state index in [1.807, 2.05) is 12.1 Å². The van der Waals surface area contributed by atoms with Gasteiger partial charge in [-0.3, -0.25) is 4.90 Å². The normalized spacial score (nSPS) is 22.3. The van der Waals surface area contributed by atoms with Crippen molar-refractivity contribution in [3.8, 4) is 17.2 Å². The number of nitrogens with two attached hydrogens (primary N) is 1. The summed E-state index contributed by atoms with van der Waals surface area (Å²) >= 11 is 0. The molecule has 21 heavy (non-hydrogen) atoms. The molecule has 2 rings (SSSR count). The molecule has 1 aromatic rings. The summed E-state index contributed by atoms with van der Waals surface area (Å²) in [7, 11) is 4.98. The summed E-state index contributed by atoms with van der Waals surface area (Å²) in [5, 5.41) is 0. The molecule has 5 heteroatoms. The van der Waals surface area contributed by atoms with Crippen molar-refractivity contribution in [1.29, 1.82) is 0 Å². The third-order valence-corrected chi connectivity index (χ3v) is 4.11. The Hall–Kier alpha value is -1.46. The molecule has 1 aromatic carbocycles. The van der Waals surface area contributed by atoms with Gasteiger partial charge < -0.3 is 19.9 Å². The van der Waals surface area contributed by atoms with E-state index in [4.69, 9.17) is 19.9 Å². The van der Waals surface area contributed by atoms with E-state index in [2.05, 4.69) is 11.8 Å². The van der Waals surface area contributed by atoms with Gasteiger partial charge in [-0.05, 0) is 19.4 Å². The third kappa shape index (κ3) is 3.09. The van der Waals surface area contributed by atoms with Crippen LogP contribution in [0.15, 0.2) is 12.1 Å². The second-order valence-electron chi connectivity index (χ2n) is 5.38. The van der Waals surface area contributed by atoms with E-state index in [0.717, 1.165) is 48.7 Å². The monoisotopic (exact) mass is 294 g/mol. The lowest BCUT2D eigenvalue weighted by molar-refractivity contribution is 0.235. The van der Waals surface area contributed by atoms with Crippen molar-refractivity contribution in [2.24, 2.45) is 5.73 Å². The first-order valence-corrected chi connectivity index (χ1v) is 7.45. The zero-order chi connectivity index (χ0) is 15.4. The number of nitrogens with zero attached hydrogens (tertiary/aromatic N) is 1. The number of methoxy groups -OCH3 is 3. The number of hydrogen-bond acceptors (Lipinski definition) is 5.